The van der Waals surface area contributed by atoms with Crippen molar-refractivity contribution in [2.24, 2.45) is 4.99 Å². The smallest absolute Gasteiger partial charge is 0.418 e. The van der Waals surface area contributed by atoms with E-state index in [1.807, 2.05) is 4.90 Å². The maximum atomic E-state index is 12.7. The van der Waals surface area contributed by atoms with E-state index in [2.05, 4.69) is 4.99 Å². The Hall–Kier alpha value is -2.75. The van der Waals surface area contributed by atoms with Gasteiger partial charge in [-0.25, -0.2) is 9.79 Å². The van der Waals surface area contributed by atoms with Gasteiger partial charge in [-0.15, -0.1) is 0 Å². The zero-order valence-corrected chi connectivity index (χ0v) is 12.6. The number of rotatable bonds is 2. The maximum absolute atomic E-state index is 12.7. The van der Waals surface area contributed by atoms with Crippen LogP contribution < -0.4 is 14.5 Å². The van der Waals surface area contributed by atoms with Crippen molar-refractivity contribution >= 4 is 23.7 Å². The van der Waals surface area contributed by atoms with Crippen LogP contribution in [0.3, 0.4) is 0 Å². The molecule has 3 heterocycles. The number of cyclic esters (lactones) is 1. The number of hydrogen-bond donors (Lipinski definition) is 1. The average Bonchev–Trinajstić information content (AvgIpc) is 3.19. The van der Waals surface area contributed by atoms with E-state index in [0.29, 0.717) is 23.8 Å². The van der Waals surface area contributed by atoms with Crippen molar-refractivity contribution < 1.29 is 32.5 Å². The maximum Gasteiger partial charge on any atom is 0.418 e. The van der Waals surface area contributed by atoms with Crippen molar-refractivity contribution in [2.75, 3.05) is 22.9 Å². The first-order valence-electron chi connectivity index (χ1n) is 7.39. The Morgan fingerprint density at radius 2 is 2.00 bits per heavy atom. The van der Waals surface area contributed by atoms with Crippen LogP contribution in [0.4, 0.5) is 29.3 Å². The number of carbonyl (C=O) groups excluding carboxylic acids is 1. The van der Waals surface area contributed by atoms with Gasteiger partial charge in [-0.3, -0.25) is 4.90 Å². The van der Waals surface area contributed by atoms with E-state index in [4.69, 9.17) is 9.47 Å². The molecule has 1 saturated heterocycles. The SMILES string of the molecule is O=C1O[C@@H](C(O)C(F)(F)F)CN1c1cccc2c1OC=C1N=CCN12. The second kappa shape index (κ2) is 5.38. The number of nitrogens with zero attached hydrogens (tertiary/aromatic N) is 3. The molecule has 0 radical (unpaired) electrons. The monoisotopic (exact) mass is 355 g/mol. The normalized spacial score (nSPS) is 23.0. The van der Waals surface area contributed by atoms with Gasteiger partial charge in [0.15, 0.2) is 23.8 Å². The van der Waals surface area contributed by atoms with E-state index in [9.17, 15) is 23.1 Å². The summed E-state index contributed by atoms with van der Waals surface area (Å²) in [5.41, 5.74) is 0.904. The lowest BCUT2D eigenvalue weighted by Crippen LogP contribution is -2.42. The predicted octanol–water partition coefficient (Wildman–Crippen LogP) is 2.02. The summed E-state index contributed by atoms with van der Waals surface area (Å²) in [5, 5.41) is 9.34. The average molecular weight is 355 g/mol. The number of amides is 1. The zero-order valence-electron chi connectivity index (χ0n) is 12.6. The fraction of sp³-hybridized carbons (Fsp3) is 0.333. The van der Waals surface area contributed by atoms with Gasteiger partial charge in [0.25, 0.3) is 0 Å². The van der Waals surface area contributed by atoms with E-state index in [1.165, 1.54) is 12.3 Å². The first kappa shape index (κ1) is 15.8. The summed E-state index contributed by atoms with van der Waals surface area (Å²) in [6.45, 7) is 0.0813. The van der Waals surface area contributed by atoms with Crippen LogP contribution in [0.15, 0.2) is 35.3 Å². The number of aliphatic imine (C=N–C) groups is 1. The summed E-state index contributed by atoms with van der Waals surface area (Å²) in [7, 11) is 0. The van der Waals surface area contributed by atoms with Crippen LogP contribution in [0.5, 0.6) is 5.75 Å². The number of ether oxygens (including phenoxy) is 2. The summed E-state index contributed by atoms with van der Waals surface area (Å²) in [6, 6.07) is 4.95. The van der Waals surface area contributed by atoms with Crippen LogP contribution in [0.25, 0.3) is 0 Å². The third-order valence-corrected chi connectivity index (χ3v) is 4.12. The zero-order chi connectivity index (χ0) is 17.8. The Morgan fingerprint density at radius 1 is 1.28 bits per heavy atom. The third kappa shape index (κ3) is 2.49. The number of para-hydroxylation sites is 1. The van der Waals surface area contributed by atoms with Crippen LogP contribution in [0, 0.1) is 0 Å². The minimum Gasteiger partial charge on any atom is -0.457 e. The fourth-order valence-electron chi connectivity index (χ4n) is 2.92. The largest absolute Gasteiger partial charge is 0.457 e. The predicted molar refractivity (Wildman–Crippen MR) is 80.7 cm³/mol. The van der Waals surface area contributed by atoms with Crippen molar-refractivity contribution in [3.05, 3.63) is 30.3 Å². The molecule has 1 fully saturated rings. The summed E-state index contributed by atoms with van der Waals surface area (Å²) in [5.74, 6) is 0.912. The number of fused-ring (bicyclic) bond motifs is 3. The highest BCUT2D eigenvalue weighted by molar-refractivity contribution is 5.94. The number of hydrogen-bond acceptors (Lipinski definition) is 6. The molecule has 1 unspecified atom stereocenters. The fourth-order valence-corrected chi connectivity index (χ4v) is 2.92. The van der Waals surface area contributed by atoms with Crippen molar-refractivity contribution in [2.45, 2.75) is 18.4 Å². The molecule has 0 aromatic heterocycles. The van der Waals surface area contributed by atoms with E-state index < -0.39 is 31.0 Å². The van der Waals surface area contributed by atoms with Gasteiger partial charge < -0.3 is 19.5 Å². The van der Waals surface area contributed by atoms with Crippen molar-refractivity contribution in [1.29, 1.82) is 0 Å². The molecule has 0 aliphatic carbocycles. The van der Waals surface area contributed by atoms with Gasteiger partial charge in [-0.05, 0) is 12.1 Å². The quantitative estimate of drug-likeness (QED) is 0.879. The third-order valence-electron chi connectivity index (χ3n) is 4.12. The molecule has 7 nitrogen and oxygen atoms in total. The number of benzene rings is 1. The number of aliphatic hydroxyl groups excluding tert-OH is 1. The Labute approximate surface area is 139 Å². The van der Waals surface area contributed by atoms with Gasteiger partial charge >= 0.3 is 12.3 Å². The Balaban J connectivity index is 1.64. The van der Waals surface area contributed by atoms with E-state index in [1.54, 1.807) is 18.3 Å². The molecular formula is C15H12F3N3O4. The summed E-state index contributed by atoms with van der Waals surface area (Å²) in [6.07, 6.45) is -7.21. The highest BCUT2D eigenvalue weighted by Gasteiger charge is 2.50. The van der Waals surface area contributed by atoms with E-state index >= 15 is 0 Å². The molecule has 0 bridgehead atoms. The van der Waals surface area contributed by atoms with Crippen molar-refractivity contribution in [3.8, 4) is 5.75 Å². The molecule has 1 aromatic rings. The summed E-state index contributed by atoms with van der Waals surface area (Å²) >= 11 is 0. The number of alkyl halides is 3. The standard InChI is InChI=1S/C15H12F3N3O4/c16-15(17,18)13(22)10-6-21(14(23)25-10)9-3-1-2-8-12(9)24-7-11-19-4-5-20(8)11/h1-4,7,10,13,22H,5-6H2/t10-,13?/m1/s1. The Bertz CT molecular complexity index is 793. The second-order valence-corrected chi connectivity index (χ2v) is 5.66. The molecule has 25 heavy (non-hydrogen) atoms. The Kier molecular flexibility index (Phi) is 3.39. The van der Waals surface area contributed by atoms with Gasteiger partial charge in [0, 0.05) is 6.21 Å². The van der Waals surface area contributed by atoms with E-state index in [0.717, 1.165) is 4.90 Å². The van der Waals surface area contributed by atoms with Crippen LogP contribution in [0.1, 0.15) is 0 Å². The van der Waals surface area contributed by atoms with Gasteiger partial charge in [-0.1, -0.05) is 6.07 Å². The molecule has 3 aliphatic heterocycles. The second-order valence-electron chi connectivity index (χ2n) is 5.66. The van der Waals surface area contributed by atoms with Gasteiger partial charge in [0.1, 0.15) is 6.26 Å². The molecule has 2 atom stereocenters. The molecule has 1 amide bonds. The Morgan fingerprint density at radius 3 is 2.72 bits per heavy atom. The van der Waals surface area contributed by atoms with Crippen LogP contribution >= 0.6 is 0 Å². The van der Waals surface area contributed by atoms with E-state index in [-0.39, 0.29) is 5.69 Å². The van der Waals surface area contributed by atoms with Gasteiger partial charge in [0.2, 0.25) is 0 Å². The molecule has 1 N–H and O–H groups in total. The highest BCUT2D eigenvalue weighted by atomic mass is 19.4. The lowest BCUT2D eigenvalue weighted by atomic mass is 10.1. The molecular weight excluding hydrogens is 343 g/mol. The van der Waals surface area contributed by atoms with Crippen molar-refractivity contribution in [1.82, 2.24) is 0 Å². The molecule has 1 aromatic carbocycles. The lowest BCUT2D eigenvalue weighted by molar-refractivity contribution is -0.224. The number of carbonyl (C=O) groups is 1. The van der Waals surface area contributed by atoms with Gasteiger partial charge in [-0.2, -0.15) is 13.2 Å². The lowest BCUT2D eigenvalue weighted by Gasteiger charge is -2.28. The molecule has 10 heteroatoms. The van der Waals surface area contributed by atoms with Crippen LogP contribution in [-0.2, 0) is 4.74 Å². The molecule has 0 spiro atoms. The van der Waals surface area contributed by atoms with Crippen LogP contribution in [0.2, 0.25) is 0 Å². The van der Waals surface area contributed by atoms with Crippen LogP contribution in [-0.4, -0.2) is 48.9 Å². The first-order chi connectivity index (χ1) is 11.9. The number of aliphatic hydroxyl groups is 1. The minimum absolute atomic E-state index is 0.265. The number of halogens is 3. The van der Waals surface area contributed by atoms with Gasteiger partial charge in [0.05, 0.1) is 24.5 Å². The highest BCUT2D eigenvalue weighted by Crippen LogP contribution is 2.44. The number of anilines is 2. The molecule has 3 aliphatic rings. The summed E-state index contributed by atoms with van der Waals surface area (Å²) in [4.78, 5) is 19.0. The molecule has 4 rings (SSSR count). The summed E-state index contributed by atoms with van der Waals surface area (Å²) < 4.78 is 48.2. The molecule has 0 saturated carbocycles. The topological polar surface area (TPSA) is 74.6 Å². The minimum atomic E-state index is -4.88. The van der Waals surface area contributed by atoms with Crippen molar-refractivity contribution in [3.63, 3.8) is 0 Å². The first-order valence-corrected chi connectivity index (χ1v) is 7.39. The molecule has 132 valence electrons.